The molecule has 0 saturated carbocycles. The number of aromatic nitrogens is 1. The van der Waals surface area contributed by atoms with E-state index in [4.69, 9.17) is 9.84 Å². The zero-order valence-corrected chi connectivity index (χ0v) is 8.88. The molecule has 1 rings (SSSR count). The fourth-order valence-electron chi connectivity index (χ4n) is 1.08. The first kappa shape index (κ1) is 11.3. The Morgan fingerprint density at radius 3 is 2.71 bits per heavy atom. The smallest absolute Gasteiger partial charge is 0.280 e. The maximum Gasteiger partial charge on any atom is 0.280 e. The number of halogens is 3. The molecule has 0 amide bonds. The molecular weight excluding hydrogens is 260 g/mol. The van der Waals surface area contributed by atoms with Gasteiger partial charge in [0.2, 0.25) is 0 Å². The average Bonchev–Trinajstić information content (AvgIpc) is 2.16. The third kappa shape index (κ3) is 2.01. The van der Waals surface area contributed by atoms with Gasteiger partial charge in [0.15, 0.2) is 0 Å². The van der Waals surface area contributed by atoms with E-state index in [0.29, 0.717) is 4.47 Å². The van der Waals surface area contributed by atoms with Crippen LogP contribution in [-0.4, -0.2) is 17.2 Å². The van der Waals surface area contributed by atoms with Crippen LogP contribution >= 0.6 is 15.9 Å². The van der Waals surface area contributed by atoms with Crippen LogP contribution in [0.5, 0.6) is 5.75 Å². The fraction of sp³-hybridized carbons (Fsp3) is 0.375. The minimum absolute atomic E-state index is 0.0110. The number of rotatable bonds is 3. The number of ether oxygens (including phenoxy) is 1. The predicted octanol–water partition coefficient (Wildman–Crippen LogP) is 2.28. The second-order valence-electron chi connectivity index (χ2n) is 2.46. The molecule has 0 aliphatic heterocycles. The first-order valence-electron chi connectivity index (χ1n) is 3.72. The summed E-state index contributed by atoms with van der Waals surface area (Å²) in [6.45, 7) is -0.532. The van der Waals surface area contributed by atoms with Crippen LogP contribution in [-0.2, 0) is 6.61 Å². The number of hydrogen-bond donors (Lipinski definition) is 1. The van der Waals surface area contributed by atoms with E-state index < -0.39 is 18.7 Å². The molecule has 1 aromatic rings. The van der Waals surface area contributed by atoms with Crippen molar-refractivity contribution in [1.29, 1.82) is 0 Å². The van der Waals surface area contributed by atoms with Crippen molar-refractivity contribution in [1.82, 2.24) is 4.98 Å². The van der Waals surface area contributed by atoms with Crippen LogP contribution in [0.2, 0.25) is 0 Å². The summed E-state index contributed by atoms with van der Waals surface area (Å²) in [7, 11) is 1.34. The summed E-state index contributed by atoms with van der Waals surface area (Å²) >= 11 is 3.09. The highest BCUT2D eigenvalue weighted by molar-refractivity contribution is 9.10. The van der Waals surface area contributed by atoms with Gasteiger partial charge >= 0.3 is 0 Å². The lowest BCUT2D eigenvalue weighted by molar-refractivity contribution is 0.140. The number of methoxy groups -OCH3 is 1. The van der Waals surface area contributed by atoms with Crippen molar-refractivity contribution in [3.63, 3.8) is 0 Å². The van der Waals surface area contributed by atoms with Crippen LogP contribution in [0.4, 0.5) is 8.78 Å². The third-order valence-electron chi connectivity index (χ3n) is 1.69. The van der Waals surface area contributed by atoms with Gasteiger partial charge in [-0.3, -0.25) is 4.98 Å². The molecule has 0 atom stereocenters. The molecule has 1 aromatic heterocycles. The van der Waals surface area contributed by atoms with Crippen LogP contribution in [0.1, 0.15) is 17.7 Å². The molecule has 1 heterocycles. The topological polar surface area (TPSA) is 42.4 Å². The van der Waals surface area contributed by atoms with Gasteiger partial charge in [-0.2, -0.15) is 0 Å². The average molecular weight is 268 g/mol. The Labute approximate surface area is 87.9 Å². The second-order valence-corrected chi connectivity index (χ2v) is 3.32. The maximum atomic E-state index is 12.4. The molecule has 1 N–H and O–H groups in total. The number of aliphatic hydroxyl groups is 1. The molecule has 0 spiro atoms. The molecule has 6 heteroatoms. The van der Waals surface area contributed by atoms with Crippen molar-refractivity contribution in [3.05, 3.63) is 21.9 Å². The molecule has 0 bridgehead atoms. The Kier molecular flexibility index (Phi) is 3.77. The van der Waals surface area contributed by atoms with Gasteiger partial charge < -0.3 is 9.84 Å². The quantitative estimate of drug-likeness (QED) is 0.914. The van der Waals surface area contributed by atoms with E-state index in [1.807, 2.05) is 0 Å². The molecule has 0 radical (unpaired) electrons. The SMILES string of the molecule is COc1c(Br)cnc(C(F)F)c1CO. The van der Waals surface area contributed by atoms with Gasteiger partial charge in [0.1, 0.15) is 11.4 Å². The molecule has 0 aliphatic carbocycles. The first-order valence-corrected chi connectivity index (χ1v) is 4.51. The van der Waals surface area contributed by atoms with Crippen LogP contribution in [0.25, 0.3) is 0 Å². The minimum atomic E-state index is -2.72. The molecule has 0 unspecified atom stereocenters. The second kappa shape index (κ2) is 4.65. The van der Waals surface area contributed by atoms with Gasteiger partial charge in [-0.15, -0.1) is 0 Å². The summed E-state index contributed by atoms with van der Waals surface area (Å²) in [5, 5.41) is 8.93. The summed E-state index contributed by atoms with van der Waals surface area (Å²) in [6.07, 6.45) is -1.50. The molecule has 0 fully saturated rings. The van der Waals surface area contributed by atoms with Crippen molar-refractivity contribution in [2.75, 3.05) is 7.11 Å². The number of hydrogen-bond acceptors (Lipinski definition) is 3. The number of nitrogens with zero attached hydrogens (tertiary/aromatic N) is 1. The lowest BCUT2D eigenvalue weighted by atomic mass is 10.2. The summed E-state index contributed by atoms with van der Waals surface area (Å²) in [5.74, 6) is 0.192. The van der Waals surface area contributed by atoms with Gasteiger partial charge in [-0.05, 0) is 15.9 Å². The van der Waals surface area contributed by atoms with E-state index in [1.165, 1.54) is 13.3 Å². The lowest BCUT2D eigenvalue weighted by Crippen LogP contribution is -2.02. The van der Waals surface area contributed by atoms with Crippen molar-refractivity contribution >= 4 is 15.9 Å². The van der Waals surface area contributed by atoms with E-state index in [-0.39, 0.29) is 11.3 Å². The number of alkyl halides is 2. The van der Waals surface area contributed by atoms with Gasteiger partial charge in [-0.25, -0.2) is 8.78 Å². The zero-order chi connectivity index (χ0) is 10.7. The summed E-state index contributed by atoms with van der Waals surface area (Å²) in [6, 6.07) is 0. The Balaban J connectivity index is 3.33. The zero-order valence-electron chi connectivity index (χ0n) is 7.30. The number of aliphatic hydroxyl groups excluding tert-OH is 1. The fourth-order valence-corrected chi connectivity index (χ4v) is 1.59. The molecule has 3 nitrogen and oxygen atoms in total. The Hall–Kier alpha value is -0.750. The lowest BCUT2D eigenvalue weighted by Gasteiger charge is -2.11. The largest absolute Gasteiger partial charge is 0.495 e. The van der Waals surface area contributed by atoms with Crippen molar-refractivity contribution < 1.29 is 18.6 Å². The van der Waals surface area contributed by atoms with Gasteiger partial charge in [-0.1, -0.05) is 0 Å². The van der Waals surface area contributed by atoms with Gasteiger partial charge in [0.25, 0.3) is 6.43 Å². The van der Waals surface area contributed by atoms with Crippen LogP contribution < -0.4 is 4.74 Å². The van der Waals surface area contributed by atoms with Crippen LogP contribution in [0.3, 0.4) is 0 Å². The Bertz CT molecular complexity index is 333. The first-order chi connectivity index (χ1) is 6.61. The van der Waals surface area contributed by atoms with E-state index >= 15 is 0 Å². The summed E-state index contributed by atoms with van der Waals surface area (Å²) < 4.78 is 30.2. The van der Waals surface area contributed by atoms with Crippen molar-refractivity contribution in [3.8, 4) is 5.75 Å². The van der Waals surface area contributed by atoms with Crippen LogP contribution in [0.15, 0.2) is 10.7 Å². The highest BCUT2D eigenvalue weighted by Gasteiger charge is 2.19. The van der Waals surface area contributed by atoms with E-state index in [2.05, 4.69) is 20.9 Å². The molecule has 14 heavy (non-hydrogen) atoms. The molecular formula is C8H8BrF2NO2. The maximum absolute atomic E-state index is 12.4. The molecule has 0 aliphatic rings. The highest BCUT2D eigenvalue weighted by atomic mass is 79.9. The minimum Gasteiger partial charge on any atom is -0.495 e. The Morgan fingerprint density at radius 2 is 2.29 bits per heavy atom. The summed E-state index contributed by atoms with van der Waals surface area (Å²) in [5.41, 5.74) is -0.440. The van der Waals surface area contributed by atoms with Gasteiger partial charge in [0, 0.05) is 11.8 Å². The predicted molar refractivity (Wildman–Crippen MR) is 49.4 cm³/mol. The van der Waals surface area contributed by atoms with Crippen molar-refractivity contribution in [2.45, 2.75) is 13.0 Å². The Morgan fingerprint density at radius 1 is 1.64 bits per heavy atom. The van der Waals surface area contributed by atoms with Crippen molar-refractivity contribution in [2.24, 2.45) is 0 Å². The molecule has 78 valence electrons. The third-order valence-corrected chi connectivity index (χ3v) is 2.25. The van der Waals surface area contributed by atoms with E-state index in [1.54, 1.807) is 0 Å². The standard InChI is InChI=1S/C8H8BrF2NO2/c1-14-7-4(3-13)6(8(10)11)12-2-5(7)9/h2,8,13H,3H2,1H3. The molecule has 0 aromatic carbocycles. The number of pyridine rings is 1. The van der Waals surface area contributed by atoms with E-state index in [9.17, 15) is 8.78 Å². The normalized spacial score (nSPS) is 10.7. The summed E-state index contributed by atoms with van der Waals surface area (Å²) in [4.78, 5) is 3.52. The van der Waals surface area contributed by atoms with Crippen LogP contribution in [0, 0.1) is 0 Å². The molecule has 0 saturated heterocycles. The highest BCUT2D eigenvalue weighted by Crippen LogP contribution is 2.33. The van der Waals surface area contributed by atoms with Gasteiger partial charge in [0.05, 0.1) is 18.2 Å². The monoisotopic (exact) mass is 267 g/mol. The van der Waals surface area contributed by atoms with E-state index in [0.717, 1.165) is 0 Å².